The van der Waals surface area contributed by atoms with Crippen LogP contribution < -0.4 is 5.32 Å². The molecule has 1 heteroatoms. The van der Waals surface area contributed by atoms with Gasteiger partial charge < -0.3 is 5.32 Å². The van der Waals surface area contributed by atoms with Crippen LogP contribution in [0.25, 0.3) is 0 Å². The lowest BCUT2D eigenvalue weighted by molar-refractivity contribution is 0.480. The zero-order valence-corrected chi connectivity index (χ0v) is 12.6. The molecule has 0 aliphatic rings. The molecule has 102 valence electrons. The highest BCUT2D eigenvalue weighted by Gasteiger charge is 2.12. The molecule has 0 heterocycles. The Morgan fingerprint density at radius 3 is 2.50 bits per heavy atom. The lowest BCUT2D eigenvalue weighted by Crippen LogP contribution is -2.21. The molecule has 1 nitrogen and oxygen atoms in total. The maximum Gasteiger partial charge on any atom is 0.0322 e. The maximum absolute atomic E-state index is 3.64. The van der Waals surface area contributed by atoms with Gasteiger partial charge in [0, 0.05) is 6.04 Å². The summed E-state index contributed by atoms with van der Waals surface area (Å²) in [7, 11) is 0. The summed E-state index contributed by atoms with van der Waals surface area (Å²) in [6.45, 7) is 9.97. The fraction of sp³-hybridized carbons (Fsp3) is 0.647. The molecule has 0 aliphatic heterocycles. The van der Waals surface area contributed by atoms with Gasteiger partial charge in [0.25, 0.3) is 0 Å². The Balaban J connectivity index is 2.68. The molecule has 0 saturated heterocycles. The summed E-state index contributed by atoms with van der Waals surface area (Å²) in [5, 5.41) is 3.64. The average molecular weight is 247 g/mol. The van der Waals surface area contributed by atoms with Gasteiger partial charge in [-0.15, -0.1) is 0 Å². The van der Waals surface area contributed by atoms with Gasteiger partial charge in [0.1, 0.15) is 0 Å². The maximum atomic E-state index is 3.64. The van der Waals surface area contributed by atoms with Crippen LogP contribution in [0.4, 0.5) is 0 Å². The molecule has 0 radical (unpaired) electrons. The third kappa shape index (κ3) is 4.45. The van der Waals surface area contributed by atoms with Crippen LogP contribution in [0, 0.1) is 13.8 Å². The Bertz CT molecular complexity index is 343. The van der Waals surface area contributed by atoms with E-state index in [9.17, 15) is 0 Å². The van der Waals surface area contributed by atoms with Gasteiger partial charge in [-0.05, 0) is 43.5 Å². The first-order valence-electron chi connectivity index (χ1n) is 7.50. The number of hydrogen-bond acceptors (Lipinski definition) is 1. The number of nitrogens with one attached hydrogen (secondary N) is 1. The first kappa shape index (κ1) is 15.2. The van der Waals surface area contributed by atoms with Gasteiger partial charge in [-0.1, -0.05) is 57.7 Å². The van der Waals surface area contributed by atoms with E-state index in [1.54, 1.807) is 0 Å². The first-order chi connectivity index (χ1) is 8.70. The van der Waals surface area contributed by atoms with Gasteiger partial charge in [-0.2, -0.15) is 0 Å². The zero-order valence-electron chi connectivity index (χ0n) is 12.6. The van der Waals surface area contributed by atoms with Crippen molar-refractivity contribution in [1.29, 1.82) is 0 Å². The molecule has 0 bridgehead atoms. The Kier molecular flexibility index (Phi) is 7.04. The molecule has 0 aromatic heterocycles. The van der Waals surface area contributed by atoms with Crippen molar-refractivity contribution in [3.05, 3.63) is 34.9 Å². The predicted molar refractivity (Wildman–Crippen MR) is 81.1 cm³/mol. The van der Waals surface area contributed by atoms with Crippen LogP contribution >= 0.6 is 0 Å². The van der Waals surface area contributed by atoms with Crippen LogP contribution in [0.1, 0.15) is 68.7 Å². The molecule has 0 amide bonds. The number of unbranched alkanes of at least 4 members (excludes halogenated alkanes) is 3. The molecule has 18 heavy (non-hydrogen) atoms. The van der Waals surface area contributed by atoms with Crippen molar-refractivity contribution >= 4 is 0 Å². The van der Waals surface area contributed by atoms with Crippen LogP contribution in [0.2, 0.25) is 0 Å². The Morgan fingerprint density at radius 1 is 1.06 bits per heavy atom. The first-order valence-corrected chi connectivity index (χ1v) is 7.50. The molecule has 1 aromatic carbocycles. The van der Waals surface area contributed by atoms with E-state index >= 15 is 0 Å². The molecule has 0 saturated carbocycles. The minimum absolute atomic E-state index is 0.534. The fourth-order valence-corrected chi connectivity index (χ4v) is 2.54. The minimum atomic E-state index is 0.534. The van der Waals surface area contributed by atoms with Gasteiger partial charge >= 0.3 is 0 Å². The topological polar surface area (TPSA) is 12.0 Å². The van der Waals surface area contributed by atoms with Crippen molar-refractivity contribution in [1.82, 2.24) is 5.32 Å². The van der Waals surface area contributed by atoms with E-state index in [2.05, 4.69) is 51.2 Å². The van der Waals surface area contributed by atoms with Crippen LogP contribution in [0.5, 0.6) is 0 Å². The number of rotatable bonds is 8. The summed E-state index contributed by atoms with van der Waals surface area (Å²) < 4.78 is 0. The van der Waals surface area contributed by atoms with Crippen LogP contribution in [0.15, 0.2) is 18.2 Å². The number of hydrogen-bond donors (Lipinski definition) is 1. The average Bonchev–Trinajstić information content (AvgIpc) is 2.37. The highest BCUT2D eigenvalue weighted by molar-refractivity contribution is 5.35. The summed E-state index contributed by atoms with van der Waals surface area (Å²) in [5.74, 6) is 0. The number of benzene rings is 1. The van der Waals surface area contributed by atoms with E-state index in [0.29, 0.717) is 6.04 Å². The Hall–Kier alpha value is -0.820. The summed E-state index contributed by atoms with van der Waals surface area (Å²) in [6, 6.07) is 7.22. The monoisotopic (exact) mass is 247 g/mol. The van der Waals surface area contributed by atoms with E-state index in [1.807, 2.05) is 0 Å². The third-order valence-electron chi connectivity index (χ3n) is 3.82. The predicted octanol–water partition coefficient (Wildman–Crippen LogP) is 4.92. The molecule has 1 rings (SSSR count). The van der Waals surface area contributed by atoms with E-state index in [-0.39, 0.29) is 0 Å². The fourth-order valence-electron chi connectivity index (χ4n) is 2.54. The quantitative estimate of drug-likeness (QED) is 0.643. The minimum Gasteiger partial charge on any atom is -0.310 e. The second-order valence-electron chi connectivity index (χ2n) is 5.25. The molecule has 0 aliphatic carbocycles. The van der Waals surface area contributed by atoms with Gasteiger partial charge in [0.15, 0.2) is 0 Å². The van der Waals surface area contributed by atoms with Crippen molar-refractivity contribution in [3.63, 3.8) is 0 Å². The smallest absolute Gasteiger partial charge is 0.0322 e. The molecular weight excluding hydrogens is 218 g/mol. The third-order valence-corrected chi connectivity index (χ3v) is 3.82. The highest BCUT2D eigenvalue weighted by atomic mass is 14.9. The van der Waals surface area contributed by atoms with Gasteiger partial charge in [-0.25, -0.2) is 0 Å². The van der Waals surface area contributed by atoms with E-state index < -0.39 is 0 Å². The lowest BCUT2D eigenvalue weighted by Gasteiger charge is -2.21. The van der Waals surface area contributed by atoms with Crippen LogP contribution in [0.3, 0.4) is 0 Å². The molecule has 1 unspecified atom stereocenters. The van der Waals surface area contributed by atoms with Crippen LogP contribution in [-0.4, -0.2) is 6.54 Å². The van der Waals surface area contributed by atoms with Gasteiger partial charge in [-0.3, -0.25) is 0 Å². The molecule has 1 atom stereocenters. The van der Waals surface area contributed by atoms with E-state index in [4.69, 9.17) is 0 Å². The van der Waals surface area contributed by atoms with Crippen molar-refractivity contribution in [2.45, 2.75) is 65.8 Å². The Labute approximate surface area is 113 Å². The van der Waals surface area contributed by atoms with Crippen molar-refractivity contribution in [2.75, 3.05) is 6.54 Å². The van der Waals surface area contributed by atoms with E-state index in [0.717, 1.165) is 6.54 Å². The zero-order chi connectivity index (χ0) is 13.4. The largest absolute Gasteiger partial charge is 0.310 e. The lowest BCUT2D eigenvalue weighted by atomic mass is 9.94. The molecule has 1 N–H and O–H groups in total. The highest BCUT2D eigenvalue weighted by Crippen LogP contribution is 2.25. The summed E-state index contributed by atoms with van der Waals surface area (Å²) in [4.78, 5) is 0. The molecule has 1 aromatic rings. The second kappa shape index (κ2) is 8.31. The second-order valence-corrected chi connectivity index (χ2v) is 5.25. The Morgan fingerprint density at radius 2 is 1.83 bits per heavy atom. The number of aryl methyl sites for hydroxylation is 1. The van der Waals surface area contributed by atoms with E-state index in [1.165, 1.54) is 48.8 Å². The normalized spacial score (nSPS) is 12.7. The standard InChI is InChI=1S/C17H29N/c1-5-7-8-9-13-17(18-6-2)16-12-10-11-14(3)15(16)4/h10-12,17-18H,5-9,13H2,1-4H3. The summed E-state index contributed by atoms with van der Waals surface area (Å²) in [6.07, 6.45) is 6.64. The molecule has 0 fully saturated rings. The molecule has 0 spiro atoms. The molecular formula is C17H29N. The SMILES string of the molecule is CCCCCCC(NCC)c1cccc(C)c1C. The summed E-state index contributed by atoms with van der Waals surface area (Å²) >= 11 is 0. The summed E-state index contributed by atoms with van der Waals surface area (Å²) in [5.41, 5.74) is 4.36. The van der Waals surface area contributed by atoms with Crippen molar-refractivity contribution in [3.8, 4) is 0 Å². The van der Waals surface area contributed by atoms with Crippen molar-refractivity contribution in [2.24, 2.45) is 0 Å². The van der Waals surface area contributed by atoms with Gasteiger partial charge in [0.05, 0.1) is 0 Å². The van der Waals surface area contributed by atoms with Gasteiger partial charge in [0.2, 0.25) is 0 Å². The van der Waals surface area contributed by atoms with Crippen LogP contribution in [-0.2, 0) is 0 Å². The van der Waals surface area contributed by atoms with Crippen molar-refractivity contribution < 1.29 is 0 Å².